The van der Waals surface area contributed by atoms with Crippen molar-refractivity contribution in [1.82, 2.24) is 5.43 Å². The summed E-state index contributed by atoms with van der Waals surface area (Å²) in [7, 11) is 0. The summed E-state index contributed by atoms with van der Waals surface area (Å²) < 4.78 is 0. The maximum Gasteiger partial charge on any atom is 0.378 e. The molecule has 1 atom stereocenters. The first-order valence-electron chi connectivity index (χ1n) is 5.05. The maximum atomic E-state index is 11.1. The molecule has 0 aromatic carbocycles. The molecule has 16 heavy (non-hydrogen) atoms. The van der Waals surface area contributed by atoms with Crippen molar-refractivity contribution in [1.29, 1.82) is 0 Å². The molecule has 0 aliphatic carbocycles. The van der Waals surface area contributed by atoms with Crippen LogP contribution in [0.3, 0.4) is 0 Å². The lowest BCUT2D eigenvalue weighted by Crippen LogP contribution is -2.23. The van der Waals surface area contributed by atoms with Gasteiger partial charge in [-0.3, -0.25) is 10.2 Å². The molecule has 1 aliphatic heterocycles. The van der Waals surface area contributed by atoms with Crippen LogP contribution in [-0.2, 0) is 4.79 Å². The highest BCUT2D eigenvalue weighted by Gasteiger charge is 2.26. The molecule has 0 saturated carbocycles. The molecule has 1 unspecified atom stereocenters. The minimum Gasteiger partial charge on any atom is -0.365 e. The number of hydrazone groups is 1. The van der Waals surface area contributed by atoms with Gasteiger partial charge in [0, 0.05) is 0 Å². The van der Waals surface area contributed by atoms with Gasteiger partial charge in [0.25, 0.3) is 12.0 Å². The van der Waals surface area contributed by atoms with Crippen LogP contribution in [0, 0.1) is 12.0 Å². The average Bonchev–Trinajstić information content (AvgIpc) is 2.26. The van der Waals surface area contributed by atoms with E-state index < -0.39 is 5.91 Å². The van der Waals surface area contributed by atoms with E-state index in [2.05, 4.69) is 28.0 Å². The molecule has 1 rings (SSSR count). The molecule has 5 nitrogen and oxygen atoms in total. The zero-order valence-corrected chi connectivity index (χ0v) is 9.45. The standard InChI is InChI=1S/C11H14N4O/c1-4-7(2)5-13-10-8(3)15-14-6-9(10)11(12)16/h6-7,15H,3-4H2,1-2H3,(H-,12,16)/p+1. The molecule has 1 aliphatic rings. The van der Waals surface area contributed by atoms with Crippen molar-refractivity contribution in [3.05, 3.63) is 28.4 Å². The Balaban J connectivity index is 3.11. The van der Waals surface area contributed by atoms with Crippen molar-refractivity contribution in [3.8, 4) is 6.07 Å². The molecule has 0 fully saturated rings. The molecular formula is C11H15N4O+. The molecule has 0 aromatic heterocycles. The Morgan fingerprint density at radius 3 is 3.06 bits per heavy atom. The summed E-state index contributed by atoms with van der Waals surface area (Å²) in [5.41, 5.74) is 8.95. The number of nitrogens with one attached hydrogen (secondary N) is 1. The van der Waals surface area contributed by atoms with Crippen molar-refractivity contribution in [2.24, 2.45) is 16.8 Å². The van der Waals surface area contributed by atoms with E-state index in [0.717, 1.165) is 6.42 Å². The van der Waals surface area contributed by atoms with Crippen LogP contribution in [0.15, 0.2) is 28.6 Å². The molecule has 5 heteroatoms. The monoisotopic (exact) mass is 219 g/mol. The highest BCUT2D eigenvalue weighted by atomic mass is 16.1. The Morgan fingerprint density at radius 1 is 1.81 bits per heavy atom. The van der Waals surface area contributed by atoms with Crippen LogP contribution in [0.1, 0.15) is 20.3 Å². The molecule has 84 valence electrons. The fraction of sp³-hybridized carbons (Fsp3) is 0.364. The Morgan fingerprint density at radius 2 is 2.50 bits per heavy atom. The van der Waals surface area contributed by atoms with Crippen LogP contribution >= 0.6 is 0 Å². The molecular weight excluding hydrogens is 204 g/mol. The molecule has 1 amide bonds. The van der Waals surface area contributed by atoms with E-state index in [-0.39, 0.29) is 11.5 Å². The first-order chi connectivity index (χ1) is 7.56. The minimum atomic E-state index is -0.573. The highest BCUT2D eigenvalue weighted by molar-refractivity contribution is 6.13. The highest BCUT2D eigenvalue weighted by Crippen LogP contribution is 2.16. The number of primary amides is 1. The molecule has 0 saturated heterocycles. The van der Waals surface area contributed by atoms with Gasteiger partial charge in [-0.25, -0.2) is 0 Å². The molecule has 0 aromatic rings. The first kappa shape index (κ1) is 12.0. The van der Waals surface area contributed by atoms with Gasteiger partial charge in [-0.15, -0.1) is 0 Å². The van der Waals surface area contributed by atoms with Crippen LogP contribution < -0.4 is 11.2 Å². The topological polar surface area (TPSA) is 71.8 Å². The molecule has 0 bridgehead atoms. The second-order valence-electron chi connectivity index (χ2n) is 3.53. The third-order valence-electron chi connectivity index (χ3n) is 2.21. The van der Waals surface area contributed by atoms with Crippen LogP contribution in [0.5, 0.6) is 0 Å². The average molecular weight is 219 g/mol. The van der Waals surface area contributed by atoms with Gasteiger partial charge in [0.15, 0.2) is 5.57 Å². The van der Waals surface area contributed by atoms with Crippen LogP contribution in [-0.4, -0.2) is 12.1 Å². The number of rotatable bonds is 2. The number of nitrogens with zero attached hydrogens (tertiary/aromatic N) is 2. The van der Waals surface area contributed by atoms with Crippen LogP contribution in [0.25, 0.3) is 4.85 Å². The van der Waals surface area contributed by atoms with Gasteiger partial charge in [0.1, 0.15) is 5.70 Å². The number of hydrogen-bond acceptors (Lipinski definition) is 3. The number of amides is 1. The Kier molecular flexibility index (Phi) is 3.84. The van der Waals surface area contributed by atoms with Crippen LogP contribution in [0.2, 0.25) is 0 Å². The quantitative estimate of drug-likeness (QED) is 0.732. The molecule has 1 heterocycles. The van der Waals surface area contributed by atoms with Crippen molar-refractivity contribution >= 4 is 12.1 Å². The molecule has 0 radical (unpaired) electrons. The van der Waals surface area contributed by atoms with Crippen LogP contribution in [0.4, 0.5) is 0 Å². The summed E-state index contributed by atoms with van der Waals surface area (Å²) in [4.78, 5) is 15.3. The number of carbonyl (C=O) groups excluding carboxylic acids is 1. The second kappa shape index (κ2) is 5.12. The Labute approximate surface area is 94.5 Å². The summed E-state index contributed by atoms with van der Waals surface area (Å²) in [5, 5.41) is 3.74. The minimum absolute atomic E-state index is 0.216. The fourth-order valence-corrected chi connectivity index (χ4v) is 1.03. The van der Waals surface area contributed by atoms with Gasteiger partial charge in [-0.1, -0.05) is 13.5 Å². The third-order valence-corrected chi connectivity index (χ3v) is 2.21. The van der Waals surface area contributed by atoms with E-state index >= 15 is 0 Å². The van der Waals surface area contributed by atoms with E-state index in [1.807, 2.05) is 13.8 Å². The van der Waals surface area contributed by atoms with E-state index in [4.69, 9.17) is 5.73 Å². The lowest BCUT2D eigenvalue weighted by Gasteiger charge is -2.04. The fourth-order valence-electron chi connectivity index (χ4n) is 1.03. The van der Waals surface area contributed by atoms with Gasteiger partial charge in [0.05, 0.1) is 12.1 Å². The zero-order chi connectivity index (χ0) is 12.1. The van der Waals surface area contributed by atoms with Gasteiger partial charge in [-0.05, 0) is 18.2 Å². The largest absolute Gasteiger partial charge is 0.378 e. The number of carbonyl (C=O) groups is 1. The predicted molar refractivity (Wildman–Crippen MR) is 63.7 cm³/mol. The van der Waals surface area contributed by atoms with Gasteiger partial charge < -0.3 is 5.73 Å². The maximum absolute atomic E-state index is 11.1. The third kappa shape index (κ3) is 2.70. The summed E-state index contributed by atoms with van der Waals surface area (Å²) in [6, 6.07) is 2.91. The van der Waals surface area contributed by atoms with Gasteiger partial charge in [0.2, 0.25) is 0 Å². The number of hydrogen-bond donors (Lipinski definition) is 2. The van der Waals surface area contributed by atoms with E-state index in [0.29, 0.717) is 11.4 Å². The molecule has 3 N–H and O–H groups in total. The first-order valence-corrected chi connectivity index (χ1v) is 5.05. The van der Waals surface area contributed by atoms with Crippen molar-refractivity contribution in [3.63, 3.8) is 0 Å². The normalized spacial score (nSPS) is 16.2. The van der Waals surface area contributed by atoms with Crippen molar-refractivity contribution in [2.45, 2.75) is 20.3 Å². The smallest absolute Gasteiger partial charge is 0.365 e. The van der Waals surface area contributed by atoms with E-state index in [9.17, 15) is 4.79 Å². The Bertz CT molecular complexity index is 437. The van der Waals surface area contributed by atoms with Gasteiger partial charge in [-0.2, -0.15) is 5.10 Å². The summed E-state index contributed by atoms with van der Waals surface area (Å²) in [5.74, 6) is -0.357. The van der Waals surface area contributed by atoms with Crippen molar-refractivity contribution in [2.75, 3.05) is 0 Å². The SMILES string of the molecule is C=C1NN=CC(C(N)=O)=C1[N+]#CC(C)CC. The van der Waals surface area contributed by atoms with Crippen molar-refractivity contribution < 1.29 is 4.79 Å². The van der Waals surface area contributed by atoms with E-state index in [1.165, 1.54) is 6.21 Å². The summed E-state index contributed by atoms with van der Waals surface area (Å²) >= 11 is 0. The lowest BCUT2D eigenvalue weighted by atomic mass is 10.1. The zero-order valence-electron chi connectivity index (χ0n) is 9.45. The lowest BCUT2D eigenvalue weighted by molar-refractivity contribution is -0.114. The Hall–Kier alpha value is -2.09. The summed E-state index contributed by atoms with van der Waals surface area (Å²) in [6.45, 7) is 7.73. The number of nitrogens with two attached hydrogens (primary N) is 1. The van der Waals surface area contributed by atoms with Gasteiger partial charge >= 0.3 is 5.70 Å². The predicted octanol–water partition coefficient (Wildman–Crippen LogP) is 1.21. The van der Waals surface area contributed by atoms with E-state index in [1.54, 1.807) is 0 Å². The second-order valence-corrected chi connectivity index (χ2v) is 3.53. The summed E-state index contributed by atoms with van der Waals surface area (Å²) in [6.07, 6.45) is 2.27. The molecule has 0 spiro atoms.